The van der Waals surface area contributed by atoms with Gasteiger partial charge in [0.15, 0.2) is 5.69 Å². The molecule has 0 atom stereocenters. The van der Waals surface area contributed by atoms with Crippen LogP contribution in [-0.4, -0.2) is 9.78 Å². The fourth-order valence-corrected chi connectivity index (χ4v) is 1.98. The number of halogens is 3. The minimum atomic E-state index is -4.39. The number of hydrogen-bond donors (Lipinski definition) is 0. The summed E-state index contributed by atoms with van der Waals surface area (Å²) in [6.07, 6.45) is -2.50. The lowest BCUT2D eigenvalue weighted by Gasteiger charge is -2.05. The summed E-state index contributed by atoms with van der Waals surface area (Å²) in [7, 11) is 0. The normalized spacial score (nSPS) is 15.9. The van der Waals surface area contributed by atoms with Gasteiger partial charge in [0.25, 0.3) is 0 Å². The van der Waals surface area contributed by atoms with E-state index in [0.29, 0.717) is 11.4 Å². The predicted molar refractivity (Wildman–Crippen MR) is 60.5 cm³/mol. The van der Waals surface area contributed by atoms with Gasteiger partial charge in [-0.15, -0.1) is 0 Å². The third kappa shape index (κ3) is 2.00. The average Bonchev–Trinajstić information content (AvgIpc) is 3.07. The Hall–Kier alpha value is -1.78. The second kappa shape index (κ2) is 3.86. The smallest absolute Gasteiger partial charge is 0.237 e. The summed E-state index contributed by atoms with van der Waals surface area (Å²) in [6.45, 7) is 0. The van der Waals surface area contributed by atoms with Crippen LogP contribution < -0.4 is 0 Å². The molecule has 1 fully saturated rings. The van der Waals surface area contributed by atoms with Crippen LogP contribution in [0.3, 0.4) is 0 Å². The first-order valence-corrected chi connectivity index (χ1v) is 5.78. The molecule has 0 unspecified atom stereocenters. The lowest BCUT2D eigenvalue weighted by molar-refractivity contribution is -0.141. The van der Waals surface area contributed by atoms with E-state index in [2.05, 4.69) is 5.10 Å². The molecule has 1 saturated carbocycles. The summed E-state index contributed by atoms with van der Waals surface area (Å²) in [5.74, 6) is 0.216. The van der Waals surface area contributed by atoms with Gasteiger partial charge < -0.3 is 0 Å². The van der Waals surface area contributed by atoms with Gasteiger partial charge in [-0.1, -0.05) is 18.2 Å². The van der Waals surface area contributed by atoms with Crippen LogP contribution in [0.1, 0.15) is 30.1 Å². The fraction of sp³-hybridized carbons (Fsp3) is 0.308. The van der Waals surface area contributed by atoms with Crippen molar-refractivity contribution in [3.63, 3.8) is 0 Å². The number of rotatable bonds is 2. The van der Waals surface area contributed by atoms with Crippen LogP contribution >= 0.6 is 0 Å². The number of alkyl halides is 3. The highest BCUT2D eigenvalue weighted by atomic mass is 19.4. The van der Waals surface area contributed by atoms with E-state index in [1.54, 1.807) is 24.3 Å². The Kier molecular flexibility index (Phi) is 2.43. The molecule has 0 spiro atoms. The van der Waals surface area contributed by atoms with Crippen LogP contribution in [0.4, 0.5) is 13.2 Å². The summed E-state index contributed by atoms with van der Waals surface area (Å²) >= 11 is 0. The molecule has 0 saturated heterocycles. The summed E-state index contributed by atoms with van der Waals surface area (Å²) in [5.41, 5.74) is 0.525. The number of nitrogens with zero attached hydrogens (tertiary/aromatic N) is 2. The van der Waals surface area contributed by atoms with Gasteiger partial charge in [0.1, 0.15) is 0 Å². The Labute approximate surface area is 102 Å². The maximum atomic E-state index is 12.7. The van der Waals surface area contributed by atoms with E-state index in [1.165, 1.54) is 10.7 Å². The van der Waals surface area contributed by atoms with Crippen molar-refractivity contribution in [1.29, 1.82) is 0 Å². The van der Waals surface area contributed by atoms with E-state index >= 15 is 0 Å². The summed E-state index contributed by atoms with van der Waals surface area (Å²) in [4.78, 5) is 0. The Morgan fingerprint density at radius 1 is 1.11 bits per heavy atom. The molecule has 1 aliphatic rings. The molecule has 0 radical (unpaired) electrons. The van der Waals surface area contributed by atoms with E-state index < -0.39 is 11.9 Å². The number of aromatic nitrogens is 2. The highest BCUT2D eigenvalue weighted by Crippen LogP contribution is 2.42. The number of benzene rings is 1. The van der Waals surface area contributed by atoms with Gasteiger partial charge in [-0.2, -0.15) is 18.3 Å². The molecule has 18 heavy (non-hydrogen) atoms. The number of hydrogen-bond acceptors (Lipinski definition) is 1. The van der Waals surface area contributed by atoms with Crippen molar-refractivity contribution in [2.24, 2.45) is 0 Å². The van der Waals surface area contributed by atoms with Gasteiger partial charge in [0, 0.05) is 11.6 Å². The van der Waals surface area contributed by atoms with Crippen LogP contribution in [0, 0.1) is 0 Å². The molecular weight excluding hydrogens is 241 g/mol. The van der Waals surface area contributed by atoms with Crippen molar-refractivity contribution in [2.45, 2.75) is 24.9 Å². The number of para-hydroxylation sites is 1. The van der Waals surface area contributed by atoms with Gasteiger partial charge >= 0.3 is 6.18 Å². The molecule has 2 aromatic rings. The Balaban J connectivity index is 2.10. The van der Waals surface area contributed by atoms with Crippen molar-refractivity contribution < 1.29 is 13.2 Å². The molecule has 3 rings (SSSR count). The maximum Gasteiger partial charge on any atom is 0.435 e. The molecule has 1 aromatic heterocycles. The molecule has 0 N–H and O–H groups in total. The molecule has 94 valence electrons. The van der Waals surface area contributed by atoms with Gasteiger partial charge in [-0.05, 0) is 31.0 Å². The van der Waals surface area contributed by atoms with Crippen LogP contribution in [0.15, 0.2) is 36.4 Å². The monoisotopic (exact) mass is 252 g/mol. The average molecular weight is 252 g/mol. The van der Waals surface area contributed by atoms with Crippen molar-refractivity contribution in [2.75, 3.05) is 0 Å². The van der Waals surface area contributed by atoms with Gasteiger partial charge in [-0.3, -0.25) is 0 Å². The Bertz CT molecular complexity index is 553. The molecule has 1 aliphatic carbocycles. The lowest BCUT2D eigenvalue weighted by Crippen LogP contribution is -2.07. The highest BCUT2D eigenvalue weighted by Gasteiger charge is 2.38. The standard InChI is InChI=1S/C13H11F3N2/c14-13(15,16)12-8-11(9-6-7-9)18(17-12)10-4-2-1-3-5-10/h1-5,8-9H,6-7H2. The highest BCUT2D eigenvalue weighted by molar-refractivity contribution is 5.36. The molecule has 2 nitrogen and oxygen atoms in total. The third-order valence-electron chi connectivity index (χ3n) is 3.02. The molecule has 0 amide bonds. The van der Waals surface area contributed by atoms with E-state index in [9.17, 15) is 13.2 Å². The SMILES string of the molecule is FC(F)(F)c1cc(C2CC2)n(-c2ccccc2)n1. The van der Waals surface area contributed by atoms with Crippen LogP contribution in [0.5, 0.6) is 0 Å². The van der Waals surface area contributed by atoms with Gasteiger partial charge in [0.05, 0.1) is 5.69 Å². The van der Waals surface area contributed by atoms with E-state index in [-0.39, 0.29) is 5.92 Å². The first-order valence-electron chi connectivity index (χ1n) is 5.78. The van der Waals surface area contributed by atoms with Crippen LogP contribution in [0.25, 0.3) is 5.69 Å². The predicted octanol–water partition coefficient (Wildman–Crippen LogP) is 3.77. The van der Waals surface area contributed by atoms with Crippen LogP contribution in [-0.2, 0) is 6.18 Å². The van der Waals surface area contributed by atoms with E-state index in [1.807, 2.05) is 6.07 Å². The van der Waals surface area contributed by atoms with Crippen molar-refractivity contribution >= 4 is 0 Å². The van der Waals surface area contributed by atoms with Crippen molar-refractivity contribution in [1.82, 2.24) is 9.78 Å². The molecule has 1 aromatic carbocycles. The third-order valence-corrected chi connectivity index (χ3v) is 3.02. The van der Waals surface area contributed by atoms with E-state index in [4.69, 9.17) is 0 Å². The quantitative estimate of drug-likeness (QED) is 0.795. The van der Waals surface area contributed by atoms with E-state index in [0.717, 1.165) is 12.8 Å². The van der Waals surface area contributed by atoms with Crippen molar-refractivity contribution in [3.8, 4) is 5.69 Å². The zero-order valence-corrected chi connectivity index (χ0v) is 9.48. The minimum Gasteiger partial charge on any atom is -0.237 e. The first-order chi connectivity index (χ1) is 8.55. The first kappa shape index (κ1) is 11.3. The zero-order valence-electron chi connectivity index (χ0n) is 9.48. The Morgan fingerprint density at radius 3 is 2.33 bits per heavy atom. The fourth-order valence-electron chi connectivity index (χ4n) is 1.98. The summed E-state index contributed by atoms with van der Waals surface area (Å²) < 4.78 is 39.5. The second-order valence-corrected chi connectivity index (χ2v) is 4.47. The second-order valence-electron chi connectivity index (χ2n) is 4.47. The molecule has 1 heterocycles. The summed E-state index contributed by atoms with van der Waals surface area (Å²) in [6, 6.07) is 10.1. The zero-order chi connectivity index (χ0) is 12.8. The van der Waals surface area contributed by atoms with Crippen LogP contribution in [0.2, 0.25) is 0 Å². The van der Waals surface area contributed by atoms with Gasteiger partial charge in [0.2, 0.25) is 0 Å². The molecular formula is C13H11F3N2. The lowest BCUT2D eigenvalue weighted by atomic mass is 10.2. The summed E-state index contributed by atoms with van der Waals surface area (Å²) in [5, 5.41) is 3.70. The largest absolute Gasteiger partial charge is 0.435 e. The van der Waals surface area contributed by atoms with Gasteiger partial charge in [-0.25, -0.2) is 4.68 Å². The molecule has 0 bridgehead atoms. The molecule has 0 aliphatic heterocycles. The Morgan fingerprint density at radius 2 is 1.78 bits per heavy atom. The minimum absolute atomic E-state index is 0.216. The molecule has 5 heteroatoms. The van der Waals surface area contributed by atoms with Crippen molar-refractivity contribution in [3.05, 3.63) is 47.8 Å². The topological polar surface area (TPSA) is 17.8 Å². The maximum absolute atomic E-state index is 12.7.